The Balaban J connectivity index is 1.58. The van der Waals surface area contributed by atoms with Crippen LogP contribution in [0.25, 0.3) is 10.9 Å². The maximum Gasteiger partial charge on any atom is 0.246 e. The van der Waals surface area contributed by atoms with E-state index in [1.807, 2.05) is 30.3 Å². The summed E-state index contributed by atoms with van der Waals surface area (Å²) in [4.78, 5) is 29.6. The molecule has 0 unspecified atom stereocenters. The highest BCUT2D eigenvalue weighted by molar-refractivity contribution is 5.97. The number of rotatable bonds is 2. The van der Waals surface area contributed by atoms with Crippen LogP contribution in [0.1, 0.15) is 18.5 Å². The van der Waals surface area contributed by atoms with Crippen LogP contribution in [0.2, 0.25) is 0 Å². The number of aromatic amines is 1. The lowest BCUT2D eigenvalue weighted by Crippen LogP contribution is -2.61. The van der Waals surface area contributed by atoms with Crippen molar-refractivity contribution in [2.24, 2.45) is 0 Å². The lowest BCUT2D eigenvalue weighted by atomic mass is 10.0. The number of hydrogen-bond acceptors (Lipinski definition) is 2. The predicted octanol–water partition coefficient (Wildman–Crippen LogP) is 1.20. The minimum atomic E-state index is -0.445. The molecule has 1 aromatic carbocycles. The van der Waals surface area contributed by atoms with Crippen LogP contribution < -0.4 is 5.32 Å². The Kier molecular flexibility index (Phi) is 2.74. The summed E-state index contributed by atoms with van der Waals surface area (Å²) < 4.78 is 0. The number of amides is 2. The third-order valence-electron chi connectivity index (χ3n) is 4.46. The average Bonchev–Trinajstić information content (AvgIpc) is 3.10. The number of fused-ring (bicyclic) bond motifs is 2. The minimum Gasteiger partial charge on any atom is -0.358 e. The second-order valence-corrected chi connectivity index (χ2v) is 5.84. The number of nitrogens with zero attached hydrogens (tertiary/aromatic N) is 1. The van der Waals surface area contributed by atoms with E-state index in [0.717, 1.165) is 29.4 Å². The van der Waals surface area contributed by atoms with Crippen LogP contribution in [0.15, 0.2) is 30.3 Å². The van der Waals surface area contributed by atoms with Crippen LogP contribution >= 0.6 is 0 Å². The van der Waals surface area contributed by atoms with Gasteiger partial charge in [0.25, 0.3) is 0 Å². The van der Waals surface area contributed by atoms with Crippen LogP contribution in [-0.2, 0) is 16.0 Å². The molecule has 2 atom stereocenters. The van der Waals surface area contributed by atoms with Gasteiger partial charge in [0.1, 0.15) is 12.1 Å². The second kappa shape index (κ2) is 4.62. The van der Waals surface area contributed by atoms with Gasteiger partial charge >= 0.3 is 0 Å². The lowest BCUT2D eigenvalue weighted by Gasteiger charge is -2.34. The molecule has 1 aromatic heterocycles. The van der Waals surface area contributed by atoms with Gasteiger partial charge in [0, 0.05) is 24.2 Å². The predicted molar refractivity (Wildman–Crippen MR) is 78.7 cm³/mol. The molecule has 0 aliphatic carbocycles. The molecule has 2 fully saturated rings. The number of H-pyrrole nitrogens is 1. The molecule has 4 rings (SSSR count). The first-order valence-corrected chi connectivity index (χ1v) is 7.40. The maximum absolute atomic E-state index is 12.5. The van der Waals surface area contributed by atoms with Crippen molar-refractivity contribution in [3.8, 4) is 0 Å². The van der Waals surface area contributed by atoms with E-state index in [1.54, 1.807) is 4.90 Å². The summed E-state index contributed by atoms with van der Waals surface area (Å²) in [5.74, 6) is 0.0453. The highest BCUT2D eigenvalue weighted by Crippen LogP contribution is 2.24. The van der Waals surface area contributed by atoms with Crippen LogP contribution in [0.3, 0.4) is 0 Å². The van der Waals surface area contributed by atoms with Crippen LogP contribution in [0.4, 0.5) is 0 Å². The van der Waals surface area contributed by atoms with Gasteiger partial charge in [0.2, 0.25) is 11.8 Å². The van der Waals surface area contributed by atoms with E-state index in [2.05, 4.69) is 10.3 Å². The molecular weight excluding hydrogens is 266 g/mol. The molecule has 5 heteroatoms. The van der Waals surface area contributed by atoms with E-state index >= 15 is 0 Å². The molecule has 0 bridgehead atoms. The number of nitrogens with one attached hydrogen (secondary N) is 2. The summed E-state index contributed by atoms with van der Waals surface area (Å²) >= 11 is 0. The van der Waals surface area contributed by atoms with E-state index in [-0.39, 0.29) is 17.9 Å². The van der Waals surface area contributed by atoms with Crippen molar-refractivity contribution in [3.05, 3.63) is 36.0 Å². The summed E-state index contributed by atoms with van der Waals surface area (Å²) in [6, 6.07) is 9.37. The highest BCUT2D eigenvalue weighted by Gasteiger charge is 2.42. The second-order valence-electron chi connectivity index (χ2n) is 5.84. The standard InChI is InChI=1S/C16H17N3O2/c20-15-14-6-3-7-19(14)16(21)13(18-15)9-11-8-10-4-1-2-5-12(10)17-11/h1-2,4-5,8,13-14,17H,3,6-7,9H2,(H,18,20)/t13-,14-/m1/s1. The topological polar surface area (TPSA) is 65.2 Å². The fourth-order valence-electron chi connectivity index (χ4n) is 3.43. The van der Waals surface area contributed by atoms with Crippen molar-refractivity contribution in [1.29, 1.82) is 0 Å². The number of carbonyl (C=O) groups is 2. The Morgan fingerprint density at radius 2 is 2.10 bits per heavy atom. The first kappa shape index (κ1) is 12.4. The van der Waals surface area contributed by atoms with Gasteiger partial charge in [-0.05, 0) is 30.4 Å². The van der Waals surface area contributed by atoms with Crippen LogP contribution in [0, 0.1) is 0 Å². The van der Waals surface area contributed by atoms with Crippen LogP contribution in [0.5, 0.6) is 0 Å². The molecule has 0 spiro atoms. The monoisotopic (exact) mass is 283 g/mol. The molecule has 108 valence electrons. The van der Waals surface area contributed by atoms with Gasteiger partial charge in [-0.1, -0.05) is 18.2 Å². The van der Waals surface area contributed by atoms with E-state index < -0.39 is 6.04 Å². The molecule has 2 amide bonds. The molecule has 0 saturated carbocycles. The van der Waals surface area contributed by atoms with Crippen LogP contribution in [-0.4, -0.2) is 40.3 Å². The number of hydrogen-bond donors (Lipinski definition) is 2. The number of piperazine rings is 1. The van der Waals surface area contributed by atoms with Gasteiger partial charge in [-0.2, -0.15) is 0 Å². The lowest BCUT2D eigenvalue weighted by molar-refractivity contribution is -0.147. The fourth-order valence-corrected chi connectivity index (χ4v) is 3.43. The van der Waals surface area contributed by atoms with Crippen molar-refractivity contribution in [1.82, 2.24) is 15.2 Å². The van der Waals surface area contributed by atoms with E-state index in [9.17, 15) is 9.59 Å². The number of benzene rings is 1. The van der Waals surface area contributed by atoms with Crippen molar-refractivity contribution in [2.75, 3.05) is 6.54 Å². The molecule has 21 heavy (non-hydrogen) atoms. The average molecular weight is 283 g/mol. The van der Waals surface area contributed by atoms with Gasteiger partial charge in [0.05, 0.1) is 0 Å². The Morgan fingerprint density at radius 1 is 1.24 bits per heavy atom. The van der Waals surface area contributed by atoms with Gasteiger partial charge in [-0.15, -0.1) is 0 Å². The SMILES string of the molecule is O=C1N[C@H](Cc2cc3ccccc3[nH]2)C(=O)N2CCC[C@H]12. The van der Waals surface area contributed by atoms with Crippen molar-refractivity contribution in [3.63, 3.8) is 0 Å². The fraction of sp³-hybridized carbons (Fsp3) is 0.375. The molecule has 2 aliphatic rings. The minimum absolute atomic E-state index is 0.00629. The first-order valence-electron chi connectivity index (χ1n) is 7.40. The zero-order valence-electron chi connectivity index (χ0n) is 11.6. The molecule has 2 aromatic rings. The number of para-hydroxylation sites is 1. The molecule has 5 nitrogen and oxygen atoms in total. The highest BCUT2D eigenvalue weighted by atomic mass is 16.2. The zero-order valence-corrected chi connectivity index (χ0v) is 11.6. The zero-order chi connectivity index (χ0) is 14.4. The Bertz CT molecular complexity index is 688. The molecule has 0 radical (unpaired) electrons. The van der Waals surface area contributed by atoms with Gasteiger partial charge in [-0.3, -0.25) is 9.59 Å². The normalized spacial score (nSPS) is 25.2. The van der Waals surface area contributed by atoms with E-state index in [1.165, 1.54) is 0 Å². The maximum atomic E-state index is 12.5. The smallest absolute Gasteiger partial charge is 0.246 e. The van der Waals surface area contributed by atoms with E-state index in [0.29, 0.717) is 13.0 Å². The Hall–Kier alpha value is -2.30. The summed E-state index contributed by atoms with van der Waals surface area (Å²) in [6.45, 7) is 0.708. The van der Waals surface area contributed by atoms with Crippen molar-refractivity contribution < 1.29 is 9.59 Å². The summed E-state index contributed by atoms with van der Waals surface area (Å²) in [5, 5.41) is 4.01. The van der Waals surface area contributed by atoms with Gasteiger partial charge < -0.3 is 15.2 Å². The Labute approximate surface area is 122 Å². The molecule has 2 N–H and O–H groups in total. The van der Waals surface area contributed by atoms with Gasteiger partial charge in [0.15, 0.2) is 0 Å². The third kappa shape index (κ3) is 2.00. The first-order chi connectivity index (χ1) is 10.2. The van der Waals surface area contributed by atoms with Gasteiger partial charge in [-0.25, -0.2) is 0 Å². The largest absolute Gasteiger partial charge is 0.358 e. The summed E-state index contributed by atoms with van der Waals surface area (Å²) in [6.07, 6.45) is 2.22. The molecule has 2 aliphatic heterocycles. The van der Waals surface area contributed by atoms with E-state index in [4.69, 9.17) is 0 Å². The Morgan fingerprint density at radius 3 is 2.95 bits per heavy atom. The number of carbonyl (C=O) groups excluding carboxylic acids is 2. The number of aromatic nitrogens is 1. The quantitative estimate of drug-likeness (QED) is 0.870. The molecular formula is C16H17N3O2. The summed E-state index contributed by atoms with van der Waals surface area (Å²) in [5.41, 5.74) is 2.04. The third-order valence-corrected chi connectivity index (χ3v) is 4.46. The van der Waals surface area contributed by atoms with Crippen molar-refractivity contribution in [2.45, 2.75) is 31.3 Å². The summed E-state index contributed by atoms with van der Waals surface area (Å²) in [7, 11) is 0. The molecule has 2 saturated heterocycles. The van der Waals surface area contributed by atoms with Crippen molar-refractivity contribution >= 4 is 22.7 Å². The molecule has 3 heterocycles.